The maximum Gasteiger partial charge on any atom is 0.258 e. The van der Waals surface area contributed by atoms with E-state index in [2.05, 4.69) is 10.3 Å². The lowest BCUT2D eigenvalue weighted by Gasteiger charge is -2.10. The van der Waals surface area contributed by atoms with E-state index in [0.717, 1.165) is 18.5 Å². The average Bonchev–Trinajstić information content (AvgIpc) is 2.41. The Kier molecular flexibility index (Phi) is 4.24. The number of hydrogen-bond acceptors (Lipinski definition) is 4. The van der Waals surface area contributed by atoms with Crippen molar-refractivity contribution in [3.05, 3.63) is 53.1 Å². The molecule has 0 aliphatic heterocycles. The Balaban J connectivity index is 2.39. The number of aromatic nitrogens is 1. The van der Waals surface area contributed by atoms with E-state index in [1.807, 2.05) is 0 Å². The predicted molar refractivity (Wildman–Crippen MR) is 76.7 cm³/mol. The maximum atomic E-state index is 13.1. The first-order valence-corrected chi connectivity index (χ1v) is 7.97. The third-order valence-corrected chi connectivity index (χ3v) is 4.04. The normalized spacial score (nSPS) is 11.2. The third kappa shape index (κ3) is 3.56. The van der Waals surface area contributed by atoms with Crippen LogP contribution in [0.4, 0.5) is 10.1 Å². The van der Waals surface area contributed by atoms with E-state index in [0.29, 0.717) is 0 Å². The fraction of sp³-hybridized carbons (Fsp3) is 0.0769. The Morgan fingerprint density at radius 1 is 1.33 bits per heavy atom. The Labute approximate surface area is 125 Å². The van der Waals surface area contributed by atoms with Gasteiger partial charge < -0.3 is 5.32 Å². The SMILES string of the molecule is CS(=O)(=O)c1ccccc1NC(=O)c1cc(F)cnc1Cl. The number of halogens is 2. The first kappa shape index (κ1) is 15.4. The highest BCUT2D eigenvalue weighted by atomic mass is 35.5. The molecule has 1 N–H and O–H groups in total. The number of pyridine rings is 1. The summed E-state index contributed by atoms with van der Waals surface area (Å²) < 4.78 is 36.4. The summed E-state index contributed by atoms with van der Waals surface area (Å²) in [5.74, 6) is -1.47. The van der Waals surface area contributed by atoms with Gasteiger partial charge in [-0.05, 0) is 18.2 Å². The van der Waals surface area contributed by atoms with Crippen molar-refractivity contribution >= 4 is 33.0 Å². The van der Waals surface area contributed by atoms with Crippen LogP contribution in [-0.4, -0.2) is 25.6 Å². The molecule has 1 amide bonds. The molecule has 0 saturated heterocycles. The summed E-state index contributed by atoms with van der Waals surface area (Å²) in [5.41, 5.74) is -0.0923. The molecule has 110 valence electrons. The van der Waals surface area contributed by atoms with Gasteiger partial charge in [-0.2, -0.15) is 0 Å². The van der Waals surface area contributed by atoms with Crippen LogP contribution in [0, 0.1) is 5.82 Å². The summed E-state index contributed by atoms with van der Waals surface area (Å²) in [7, 11) is -3.52. The highest BCUT2D eigenvalue weighted by molar-refractivity contribution is 7.90. The third-order valence-electron chi connectivity index (χ3n) is 2.59. The van der Waals surface area contributed by atoms with Crippen LogP contribution in [0.1, 0.15) is 10.4 Å². The number of nitrogens with one attached hydrogen (secondary N) is 1. The molecule has 1 aromatic heterocycles. The molecule has 0 atom stereocenters. The first-order chi connectivity index (χ1) is 9.79. The summed E-state index contributed by atoms with van der Waals surface area (Å²) in [6.45, 7) is 0. The molecule has 2 aromatic rings. The van der Waals surface area contributed by atoms with Crippen LogP contribution in [0.5, 0.6) is 0 Å². The molecule has 8 heteroatoms. The van der Waals surface area contributed by atoms with Gasteiger partial charge in [0.25, 0.3) is 5.91 Å². The van der Waals surface area contributed by atoms with Gasteiger partial charge in [-0.25, -0.2) is 17.8 Å². The summed E-state index contributed by atoms with van der Waals surface area (Å²) >= 11 is 5.73. The first-order valence-electron chi connectivity index (χ1n) is 5.70. The lowest BCUT2D eigenvalue weighted by atomic mass is 10.2. The van der Waals surface area contributed by atoms with Crippen molar-refractivity contribution in [3.63, 3.8) is 0 Å². The Morgan fingerprint density at radius 2 is 2.00 bits per heavy atom. The van der Waals surface area contributed by atoms with Gasteiger partial charge in [0.2, 0.25) is 0 Å². The van der Waals surface area contributed by atoms with E-state index in [4.69, 9.17) is 11.6 Å². The van der Waals surface area contributed by atoms with E-state index >= 15 is 0 Å². The number of rotatable bonds is 3. The van der Waals surface area contributed by atoms with Gasteiger partial charge in [0.1, 0.15) is 11.0 Å². The highest BCUT2D eigenvalue weighted by Gasteiger charge is 2.17. The second-order valence-electron chi connectivity index (χ2n) is 4.21. The number of sulfone groups is 1. The Hall–Kier alpha value is -1.99. The van der Waals surface area contributed by atoms with Crippen LogP contribution in [-0.2, 0) is 9.84 Å². The zero-order valence-electron chi connectivity index (χ0n) is 10.8. The molecule has 1 aromatic carbocycles. The number of amides is 1. The van der Waals surface area contributed by atoms with E-state index in [-0.39, 0.29) is 21.3 Å². The van der Waals surface area contributed by atoms with Crippen LogP contribution in [0.25, 0.3) is 0 Å². The molecule has 0 aliphatic rings. The number of nitrogens with zero attached hydrogens (tertiary/aromatic N) is 1. The molecular formula is C13H10ClFN2O3S. The summed E-state index contributed by atoms with van der Waals surface area (Å²) in [6.07, 6.45) is 1.90. The fourth-order valence-corrected chi connectivity index (χ4v) is 2.70. The summed E-state index contributed by atoms with van der Waals surface area (Å²) in [4.78, 5) is 15.6. The molecule has 0 unspecified atom stereocenters. The summed E-state index contributed by atoms with van der Waals surface area (Å²) in [6, 6.07) is 6.80. The summed E-state index contributed by atoms with van der Waals surface area (Å²) in [5, 5.41) is 2.22. The predicted octanol–water partition coefficient (Wildman–Crippen LogP) is 2.53. The van der Waals surface area contributed by atoms with E-state index in [1.165, 1.54) is 18.2 Å². The second-order valence-corrected chi connectivity index (χ2v) is 6.56. The topological polar surface area (TPSA) is 76.1 Å². The van der Waals surface area contributed by atoms with Crippen molar-refractivity contribution in [2.45, 2.75) is 4.90 Å². The minimum atomic E-state index is -3.52. The van der Waals surface area contributed by atoms with Gasteiger partial charge >= 0.3 is 0 Å². The minimum absolute atomic E-state index is 0.0427. The molecule has 0 fully saturated rings. The molecular weight excluding hydrogens is 319 g/mol. The molecule has 1 heterocycles. The molecule has 21 heavy (non-hydrogen) atoms. The van der Waals surface area contributed by atoms with Gasteiger partial charge in [0.05, 0.1) is 22.3 Å². The molecule has 0 aliphatic carbocycles. The van der Waals surface area contributed by atoms with E-state index in [1.54, 1.807) is 6.07 Å². The van der Waals surface area contributed by atoms with Gasteiger partial charge in [0, 0.05) is 6.26 Å². The lowest BCUT2D eigenvalue weighted by Crippen LogP contribution is -2.15. The van der Waals surface area contributed by atoms with Crippen molar-refractivity contribution in [2.24, 2.45) is 0 Å². The van der Waals surface area contributed by atoms with E-state index in [9.17, 15) is 17.6 Å². The number of para-hydroxylation sites is 1. The highest BCUT2D eigenvalue weighted by Crippen LogP contribution is 2.22. The van der Waals surface area contributed by atoms with Gasteiger partial charge in [-0.1, -0.05) is 23.7 Å². The van der Waals surface area contributed by atoms with Crippen molar-refractivity contribution in [1.29, 1.82) is 0 Å². The molecule has 0 bridgehead atoms. The van der Waals surface area contributed by atoms with Gasteiger partial charge in [0.15, 0.2) is 9.84 Å². The minimum Gasteiger partial charge on any atom is -0.321 e. The zero-order chi connectivity index (χ0) is 15.6. The Morgan fingerprint density at radius 3 is 2.67 bits per heavy atom. The maximum absolute atomic E-state index is 13.1. The van der Waals surface area contributed by atoms with E-state index < -0.39 is 21.6 Å². The van der Waals surface area contributed by atoms with Crippen LogP contribution in [0.3, 0.4) is 0 Å². The fourth-order valence-electron chi connectivity index (χ4n) is 1.66. The number of hydrogen-bond donors (Lipinski definition) is 1. The van der Waals surface area contributed by atoms with Crippen molar-refractivity contribution in [2.75, 3.05) is 11.6 Å². The van der Waals surface area contributed by atoms with Crippen molar-refractivity contribution in [1.82, 2.24) is 4.98 Å². The molecule has 2 rings (SSSR count). The monoisotopic (exact) mass is 328 g/mol. The second kappa shape index (κ2) is 5.79. The molecule has 0 saturated carbocycles. The Bertz CT molecular complexity index is 809. The average molecular weight is 329 g/mol. The quantitative estimate of drug-likeness (QED) is 0.878. The molecule has 0 spiro atoms. The molecule has 0 radical (unpaired) electrons. The van der Waals surface area contributed by atoms with Crippen LogP contribution < -0.4 is 5.32 Å². The smallest absolute Gasteiger partial charge is 0.258 e. The van der Waals surface area contributed by atoms with Crippen LogP contribution in [0.2, 0.25) is 5.15 Å². The largest absolute Gasteiger partial charge is 0.321 e. The number of benzene rings is 1. The standard InChI is InChI=1S/C13H10ClFN2O3S/c1-21(19,20)11-5-3-2-4-10(11)17-13(18)9-6-8(15)7-16-12(9)14/h2-7H,1H3,(H,17,18). The number of carbonyl (C=O) groups is 1. The number of carbonyl (C=O) groups excluding carboxylic acids is 1. The van der Waals surface area contributed by atoms with Gasteiger partial charge in [-0.3, -0.25) is 4.79 Å². The van der Waals surface area contributed by atoms with Gasteiger partial charge in [-0.15, -0.1) is 0 Å². The zero-order valence-corrected chi connectivity index (χ0v) is 12.4. The van der Waals surface area contributed by atoms with Crippen molar-refractivity contribution < 1.29 is 17.6 Å². The lowest BCUT2D eigenvalue weighted by molar-refractivity contribution is 0.102. The molecule has 5 nitrogen and oxygen atoms in total. The van der Waals surface area contributed by atoms with Crippen LogP contribution in [0.15, 0.2) is 41.4 Å². The van der Waals surface area contributed by atoms with Crippen molar-refractivity contribution in [3.8, 4) is 0 Å². The number of anilines is 1. The van der Waals surface area contributed by atoms with Crippen LogP contribution >= 0.6 is 11.6 Å².